The highest BCUT2D eigenvalue weighted by Crippen LogP contribution is 2.33. The molecule has 0 spiro atoms. The van der Waals surface area contributed by atoms with Gasteiger partial charge in [-0.05, 0) is 31.4 Å². The molecular weight excluding hydrogens is 280 g/mol. The second-order valence-electron chi connectivity index (χ2n) is 5.36. The molecule has 2 unspecified atom stereocenters. The third-order valence-electron chi connectivity index (χ3n) is 4.03. The number of anilines is 1. The largest absolute Gasteiger partial charge is 0.382 e. The fourth-order valence-electron chi connectivity index (χ4n) is 2.86. The van der Waals surface area contributed by atoms with Crippen molar-refractivity contribution in [2.75, 3.05) is 11.9 Å². The SMILES string of the molecule is NCC1CCCCC1Nc1ccc([N+](=O)[O-])cc1C(F)F. The lowest BCUT2D eigenvalue weighted by Crippen LogP contribution is -2.37. The molecule has 1 saturated carbocycles. The molecule has 116 valence electrons. The van der Waals surface area contributed by atoms with Crippen LogP contribution in [0.25, 0.3) is 0 Å². The van der Waals surface area contributed by atoms with Crippen LogP contribution in [0.4, 0.5) is 20.2 Å². The highest BCUT2D eigenvalue weighted by atomic mass is 19.3. The van der Waals surface area contributed by atoms with E-state index in [1.807, 2.05) is 0 Å². The maximum atomic E-state index is 13.1. The molecule has 0 heterocycles. The van der Waals surface area contributed by atoms with E-state index < -0.39 is 11.3 Å². The van der Waals surface area contributed by atoms with Crippen LogP contribution in [0.2, 0.25) is 0 Å². The van der Waals surface area contributed by atoms with Gasteiger partial charge in [-0.1, -0.05) is 12.8 Å². The molecule has 0 radical (unpaired) electrons. The van der Waals surface area contributed by atoms with Crippen LogP contribution in [-0.2, 0) is 0 Å². The van der Waals surface area contributed by atoms with E-state index in [2.05, 4.69) is 5.32 Å². The first-order valence-electron chi connectivity index (χ1n) is 7.06. The molecular formula is C14H19F2N3O2. The quantitative estimate of drug-likeness (QED) is 0.644. The summed E-state index contributed by atoms with van der Waals surface area (Å²) in [4.78, 5) is 10.0. The summed E-state index contributed by atoms with van der Waals surface area (Å²) in [6.07, 6.45) is 1.23. The number of benzene rings is 1. The number of hydrogen-bond acceptors (Lipinski definition) is 4. The number of hydrogen-bond donors (Lipinski definition) is 2. The molecule has 7 heteroatoms. The number of halogens is 2. The minimum Gasteiger partial charge on any atom is -0.382 e. The average Bonchev–Trinajstić information content (AvgIpc) is 2.47. The summed E-state index contributed by atoms with van der Waals surface area (Å²) < 4.78 is 26.2. The number of nitrogens with one attached hydrogen (secondary N) is 1. The van der Waals surface area contributed by atoms with Gasteiger partial charge in [-0.3, -0.25) is 10.1 Å². The van der Waals surface area contributed by atoms with Gasteiger partial charge in [-0.25, -0.2) is 8.78 Å². The van der Waals surface area contributed by atoms with Crippen LogP contribution in [0.5, 0.6) is 0 Å². The first-order valence-corrected chi connectivity index (χ1v) is 7.06. The minimum atomic E-state index is -2.76. The van der Waals surface area contributed by atoms with Crippen molar-refractivity contribution in [3.63, 3.8) is 0 Å². The van der Waals surface area contributed by atoms with Gasteiger partial charge in [0, 0.05) is 29.4 Å². The average molecular weight is 299 g/mol. The van der Waals surface area contributed by atoms with E-state index in [0.717, 1.165) is 31.7 Å². The van der Waals surface area contributed by atoms with E-state index in [-0.39, 0.29) is 28.9 Å². The fraction of sp³-hybridized carbons (Fsp3) is 0.571. The van der Waals surface area contributed by atoms with Crippen molar-refractivity contribution >= 4 is 11.4 Å². The first kappa shape index (κ1) is 15.6. The van der Waals surface area contributed by atoms with Gasteiger partial charge in [0.25, 0.3) is 12.1 Å². The van der Waals surface area contributed by atoms with Crippen LogP contribution < -0.4 is 11.1 Å². The molecule has 1 aromatic rings. The molecule has 0 bridgehead atoms. The van der Waals surface area contributed by atoms with Gasteiger partial charge in [0.05, 0.1) is 4.92 Å². The fourth-order valence-corrected chi connectivity index (χ4v) is 2.86. The second kappa shape index (κ2) is 6.80. The van der Waals surface area contributed by atoms with Gasteiger partial charge in [-0.2, -0.15) is 0 Å². The molecule has 0 saturated heterocycles. The molecule has 2 atom stereocenters. The zero-order valence-electron chi connectivity index (χ0n) is 11.6. The Morgan fingerprint density at radius 1 is 1.38 bits per heavy atom. The predicted octanol–water partition coefficient (Wildman–Crippen LogP) is 3.46. The molecule has 0 aromatic heterocycles. The number of nitro groups is 1. The Bertz CT molecular complexity index is 511. The van der Waals surface area contributed by atoms with E-state index >= 15 is 0 Å². The summed E-state index contributed by atoms with van der Waals surface area (Å²) in [7, 11) is 0. The Kier molecular flexibility index (Phi) is 5.06. The van der Waals surface area contributed by atoms with Crippen molar-refractivity contribution in [1.82, 2.24) is 0 Å². The summed E-state index contributed by atoms with van der Waals surface area (Å²) in [5.41, 5.74) is 5.34. The van der Waals surface area contributed by atoms with Crippen molar-refractivity contribution in [1.29, 1.82) is 0 Å². The van der Waals surface area contributed by atoms with E-state index in [4.69, 9.17) is 5.73 Å². The van der Waals surface area contributed by atoms with Crippen molar-refractivity contribution in [3.05, 3.63) is 33.9 Å². The van der Waals surface area contributed by atoms with Crippen molar-refractivity contribution < 1.29 is 13.7 Å². The molecule has 2 rings (SSSR count). The van der Waals surface area contributed by atoms with E-state index in [1.165, 1.54) is 12.1 Å². The highest BCUT2D eigenvalue weighted by molar-refractivity contribution is 5.57. The Morgan fingerprint density at radius 3 is 2.71 bits per heavy atom. The summed E-state index contributed by atoms with van der Waals surface area (Å²) in [5, 5.41) is 13.8. The number of nitrogens with two attached hydrogens (primary N) is 1. The Morgan fingerprint density at radius 2 is 2.10 bits per heavy atom. The van der Waals surface area contributed by atoms with Crippen LogP contribution in [0.15, 0.2) is 18.2 Å². The Balaban J connectivity index is 2.24. The lowest BCUT2D eigenvalue weighted by atomic mass is 9.84. The molecule has 1 fully saturated rings. The van der Waals surface area contributed by atoms with Crippen molar-refractivity contribution in [2.24, 2.45) is 11.7 Å². The Hall–Kier alpha value is -1.76. The van der Waals surface area contributed by atoms with E-state index in [1.54, 1.807) is 0 Å². The predicted molar refractivity (Wildman–Crippen MR) is 76.5 cm³/mol. The van der Waals surface area contributed by atoms with Crippen LogP contribution in [0.1, 0.15) is 37.7 Å². The minimum absolute atomic E-state index is 0.0442. The number of nitro benzene ring substituents is 1. The molecule has 1 aliphatic carbocycles. The lowest BCUT2D eigenvalue weighted by Gasteiger charge is -2.32. The Labute approximate surface area is 121 Å². The smallest absolute Gasteiger partial charge is 0.270 e. The third kappa shape index (κ3) is 3.66. The molecule has 1 aromatic carbocycles. The standard InChI is InChI=1S/C14H19F2N3O2/c15-14(16)11-7-10(19(20)21)5-6-13(11)18-12-4-2-1-3-9(12)8-17/h5-7,9,12,14,18H,1-4,8,17H2. The number of rotatable bonds is 5. The van der Waals surface area contributed by atoms with Gasteiger partial charge in [0.15, 0.2) is 0 Å². The second-order valence-corrected chi connectivity index (χ2v) is 5.36. The number of nitrogens with zero attached hydrogens (tertiary/aromatic N) is 1. The molecule has 3 N–H and O–H groups in total. The van der Waals surface area contributed by atoms with Crippen molar-refractivity contribution in [3.8, 4) is 0 Å². The van der Waals surface area contributed by atoms with E-state index in [0.29, 0.717) is 6.54 Å². The molecule has 0 amide bonds. The van der Waals surface area contributed by atoms with Crippen molar-refractivity contribution in [2.45, 2.75) is 38.2 Å². The maximum Gasteiger partial charge on any atom is 0.270 e. The summed E-state index contributed by atoms with van der Waals surface area (Å²) in [5.74, 6) is 0.250. The topological polar surface area (TPSA) is 81.2 Å². The van der Waals surface area contributed by atoms with Gasteiger partial charge in [-0.15, -0.1) is 0 Å². The van der Waals surface area contributed by atoms with Crippen LogP contribution in [-0.4, -0.2) is 17.5 Å². The first-order chi connectivity index (χ1) is 10.0. The molecule has 21 heavy (non-hydrogen) atoms. The van der Waals surface area contributed by atoms with E-state index in [9.17, 15) is 18.9 Å². The summed E-state index contributed by atoms with van der Waals surface area (Å²) >= 11 is 0. The zero-order valence-corrected chi connectivity index (χ0v) is 11.6. The van der Waals surface area contributed by atoms with Gasteiger partial charge in [0.2, 0.25) is 0 Å². The maximum absolute atomic E-state index is 13.1. The highest BCUT2D eigenvalue weighted by Gasteiger charge is 2.26. The monoisotopic (exact) mass is 299 g/mol. The normalized spacial score (nSPS) is 22.3. The zero-order chi connectivity index (χ0) is 15.4. The van der Waals surface area contributed by atoms with Gasteiger partial charge in [0.1, 0.15) is 0 Å². The van der Waals surface area contributed by atoms with Crippen LogP contribution >= 0.6 is 0 Å². The summed E-state index contributed by atoms with van der Waals surface area (Å²) in [6, 6.07) is 3.59. The molecule has 0 aliphatic heterocycles. The molecule has 1 aliphatic rings. The lowest BCUT2D eigenvalue weighted by molar-refractivity contribution is -0.385. The number of non-ortho nitro benzene ring substituents is 1. The third-order valence-corrected chi connectivity index (χ3v) is 4.03. The van der Waals surface area contributed by atoms with Crippen LogP contribution in [0.3, 0.4) is 0 Å². The molecule has 5 nitrogen and oxygen atoms in total. The number of alkyl halides is 2. The van der Waals surface area contributed by atoms with Gasteiger partial charge >= 0.3 is 0 Å². The van der Waals surface area contributed by atoms with Gasteiger partial charge < -0.3 is 11.1 Å². The van der Waals surface area contributed by atoms with Crippen LogP contribution in [0, 0.1) is 16.0 Å². The summed E-state index contributed by atoms with van der Waals surface area (Å²) in [6.45, 7) is 0.509.